The second-order valence-electron chi connectivity index (χ2n) is 4.99. The molecule has 0 fully saturated rings. The summed E-state index contributed by atoms with van der Waals surface area (Å²) in [5.74, 6) is 1.83. The molecular formula is C17H22BrNO2. The molecule has 0 radical (unpaired) electrons. The van der Waals surface area contributed by atoms with E-state index in [1.807, 2.05) is 32.2 Å². The Hall–Kier alpha value is -1.26. The molecule has 1 atom stereocenters. The Morgan fingerprint density at radius 2 is 2.10 bits per heavy atom. The predicted octanol–water partition coefficient (Wildman–Crippen LogP) is 4.84. The zero-order valence-electron chi connectivity index (χ0n) is 12.8. The molecule has 2 aromatic rings. The Morgan fingerprint density at radius 1 is 1.29 bits per heavy atom. The van der Waals surface area contributed by atoms with Gasteiger partial charge in [0.1, 0.15) is 11.5 Å². The fraction of sp³-hybridized carbons (Fsp3) is 0.412. The lowest BCUT2D eigenvalue weighted by Crippen LogP contribution is -2.23. The summed E-state index contributed by atoms with van der Waals surface area (Å²) in [6.07, 6.45) is 2.89. The molecule has 1 heterocycles. The van der Waals surface area contributed by atoms with E-state index in [0.717, 1.165) is 40.1 Å². The maximum Gasteiger partial charge on any atom is 0.124 e. The van der Waals surface area contributed by atoms with Crippen molar-refractivity contribution in [2.45, 2.75) is 33.2 Å². The molecule has 2 rings (SSSR count). The summed E-state index contributed by atoms with van der Waals surface area (Å²) in [5.41, 5.74) is 2.25. The van der Waals surface area contributed by atoms with Gasteiger partial charge in [0.25, 0.3) is 0 Å². The Labute approximate surface area is 134 Å². The average molecular weight is 352 g/mol. The lowest BCUT2D eigenvalue weighted by molar-refractivity contribution is 0.333. The Bertz CT molecular complexity index is 580. The van der Waals surface area contributed by atoms with Gasteiger partial charge < -0.3 is 14.5 Å². The van der Waals surface area contributed by atoms with Crippen molar-refractivity contribution in [3.05, 3.63) is 51.9 Å². The van der Waals surface area contributed by atoms with E-state index in [1.54, 1.807) is 0 Å². The van der Waals surface area contributed by atoms with E-state index in [2.05, 4.69) is 40.3 Å². The minimum Gasteiger partial charge on any atom is -0.494 e. The summed E-state index contributed by atoms with van der Waals surface area (Å²) in [7, 11) is 0. The fourth-order valence-electron chi connectivity index (χ4n) is 2.34. The van der Waals surface area contributed by atoms with Gasteiger partial charge in [0.15, 0.2) is 0 Å². The third-order valence-corrected chi connectivity index (χ3v) is 3.76. The summed E-state index contributed by atoms with van der Waals surface area (Å²) < 4.78 is 12.3. The molecule has 0 saturated carbocycles. The summed E-state index contributed by atoms with van der Waals surface area (Å²) in [5, 5.41) is 3.58. The van der Waals surface area contributed by atoms with Crippen molar-refractivity contribution in [1.82, 2.24) is 5.32 Å². The monoisotopic (exact) mass is 351 g/mol. The van der Waals surface area contributed by atoms with E-state index >= 15 is 0 Å². The van der Waals surface area contributed by atoms with Crippen LogP contribution in [0.4, 0.5) is 0 Å². The number of hydrogen-bond acceptors (Lipinski definition) is 3. The van der Waals surface area contributed by atoms with Crippen LogP contribution in [-0.4, -0.2) is 13.2 Å². The highest BCUT2D eigenvalue weighted by atomic mass is 79.9. The van der Waals surface area contributed by atoms with Crippen LogP contribution in [0.25, 0.3) is 0 Å². The highest BCUT2D eigenvalue weighted by Gasteiger charge is 2.20. The van der Waals surface area contributed by atoms with Gasteiger partial charge in [-0.25, -0.2) is 0 Å². The lowest BCUT2D eigenvalue weighted by atomic mass is 9.99. The first-order chi connectivity index (χ1) is 10.2. The summed E-state index contributed by atoms with van der Waals surface area (Å²) in [6, 6.07) is 8.27. The number of nitrogens with one attached hydrogen (secondary N) is 1. The van der Waals surface area contributed by atoms with Crippen LogP contribution in [0.3, 0.4) is 0 Å². The third-order valence-electron chi connectivity index (χ3n) is 3.27. The molecule has 0 aliphatic carbocycles. The van der Waals surface area contributed by atoms with Crippen LogP contribution in [-0.2, 0) is 0 Å². The van der Waals surface area contributed by atoms with Gasteiger partial charge in [-0.3, -0.25) is 0 Å². The van der Waals surface area contributed by atoms with Gasteiger partial charge in [0, 0.05) is 15.6 Å². The molecule has 21 heavy (non-hydrogen) atoms. The van der Waals surface area contributed by atoms with Crippen LogP contribution in [0.1, 0.15) is 43.2 Å². The minimum absolute atomic E-state index is 0.0708. The van der Waals surface area contributed by atoms with E-state index in [9.17, 15) is 0 Å². The number of rotatable bonds is 7. The second kappa shape index (κ2) is 7.66. The molecule has 1 unspecified atom stereocenters. The first kappa shape index (κ1) is 16.1. The van der Waals surface area contributed by atoms with E-state index < -0.39 is 0 Å². The van der Waals surface area contributed by atoms with Crippen molar-refractivity contribution in [3.8, 4) is 5.75 Å². The zero-order chi connectivity index (χ0) is 15.2. The fourth-order valence-corrected chi connectivity index (χ4v) is 2.72. The molecule has 1 N–H and O–H groups in total. The summed E-state index contributed by atoms with van der Waals surface area (Å²) >= 11 is 3.55. The van der Waals surface area contributed by atoms with Crippen LogP contribution < -0.4 is 10.1 Å². The highest BCUT2D eigenvalue weighted by Crippen LogP contribution is 2.33. The molecule has 1 aromatic carbocycles. The standard InChI is InChI=1S/C17H22BrNO2/c1-4-8-19-17(13-9-12(3)21-11-13)15-10-14(18)6-7-16(15)20-5-2/h6-7,9-11,17,19H,4-5,8H2,1-3H3. The number of aryl methyl sites for hydroxylation is 1. The molecule has 0 aliphatic heterocycles. The van der Waals surface area contributed by atoms with Gasteiger partial charge in [-0.15, -0.1) is 0 Å². The molecule has 0 amide bonds. The molecule has 0 bridgehead atoms. The van der Waals surface area contributed by atoms with Crippen molar-refractivity contribution in [1.29, 1.82) is 0 Å². The number of hydrogen-bond donors (Lipinski definition) is 1. The maximum atomic E-state index is 5.79. The quantitative estimate of drug-likeness (QED) is 0.774. The van der Waals surface area contributed by atoms with Gasteiger partial charge in [0.2, 0.25) is 0 Å². The molecule has 4 heteroatoms. The predicted molar refractivity (Wildman–Crippen MR) is 88.9 cm³/mol. The molecule has 114 valence electrons. The first-order valence-electron chi connectivity index (χ1n) is 7.36. The summed E-state index contributed by atoms with van der Waals surface area (Å²) in [4.78, 5) is 0. The van der Waals surface area contributed by atoms with Gasteiger partial charge in [0.05, 0.1) is 18.9 Å². The molecule has 0 spiro atoms. The van der Waals surface area contributed by atoms with Crippen molar-refractivity contribution in [2.75, 3.05) is 13.2 Å². The van der Waals surface area contributed by atoms with Crippen LogP contribution >= 0.6 is 15.9 Å². The van der Waals surface area contributed by atoms with Crippen molar-refractivity contribution in [2.24, 2.45) is 0 Å². The smallest absolute Gasteiger partial charge is 0.124 e. The Kier molecular flexibility index (Phi) is 5.88. The Balaban J connectivity index is 2.42. The maximum absolute atomic E-state index is 5.79. The first-order valence-corrected chi connectivity index (χ1v) is 8.15. The molecular weight excluding hydrogens is 330 g/mol. The average Bonchev–Trinajstić information content (AvgIpc) is 2.89. The van der Waals surface area contributed by atoms with Crippen LogP contribution in [0.2, 0.25) is 0 Å². The van der Waals surface area contributed by atoms with E-state index in [-0.39, 0.29) is 6.04 Å². The van der Waals surface area contributed by atoms with Crippen LogP contribution in [0, 0.1) is 6.92 Å². The second-order valence-corrected chi connectivity index (χ2v) is 5.91. The van der Waals surface area contributed by atoms with E-state index in [0.29, 0.717) is 6.61 Å². The van der Waals surface area contributed by atoms with Crippen molar-refractivity contribution in [3.63, 3.8) is 0 Å². The topological polar surface area (TPSA) is 34.4 Å². The molecule has 0 aliphatic rings. The van der Waals surface area contributed by atoms with E-state index in [4.69, 9.17) is 9.15 Å². The molecule has 1 aromatic heterocycles. The van der Waals surface area contributed by atoms with Crippen LogP contribution in [0.5, 0.6) is 5.75 Å². The normalized spacial score (nSPS) is 12.4. The minimum atomic E-state index is 0.0708. The third kappa shape index (κ3) is 4.11. The highest BCUT2D eigenvalue weighted by molar-refractivity contribution is 9.10. The van der Waals surface area contributed by atoms with Crippen molar-refractivity contribution >= 4 is 15.9 Å². The van der Waals surface area contributed by atoms with Gasteiger partial charge in [-0.1, -0.05) is 22.9 Å². The molecule has 3 nitrogen and oxygen atoms in total. The van der Waals surface area contributed by atoms with Crippen LogP contribution in [0.15, 0.2) is 39.4 Å². The van der Waals surface area contributed by atoms with Gasteiger partial charge in [-0.05, 0) is 51.1 Å². The SMILES string of the molecule is CCCNC(c1coc(C)c1)c1cc(Br)ccc1OCC. The largest absolute Gasteiger partial charge is 0.494 e. The lowest BCUT2D eigenvalue weighted by Gasteiger charge is -2.21. The van der Waals surface area contributed by atoms with Gasteiger partial charge >= 0.3 is 0 Å². The number of furan rings is 1. The van der Waals surface area contributed by atoms with Gasteiger partial charge in [-0.2, -0.15) is 0 Å². The Morgan fingerprint density at radius 3 is 2.71 bits per heavy atom. The number of ether oxygens (including phenoxy) is 1. The number of benzene rings is 1. The van der Waals surface area contributed by atoms with E-state index in [1.165, 1.54) is 0 Å². The zero-order valence-corrected chi connectivity index (χ0v) is 14.4. The van der Waals surface area contributed by atoms with Crippen molar-refractivity contribution < 1.29 is 9.15 Å². The summed E-state index contributed by atoms with van der Waals surface area (Å²) in [6.45, 7) is 7.72. The number of halogens is 1. The molecule has 0 saturated heterocycles.